The molecule has 3 rings (SSSR count). The minimum absolute atomic E-state index is 0.0534. The maximum absolute atomic E-state index is 12.4. The van der Waals surface area contributed by atoms with Crippen molar-refractivity contribution >= 4 is 17.9 Å². The van der Waals surface area contributed by atoms with Crippen LogP contribution >= 0.6 is 0 Å². The van der Waals surface area contributed by atoms with Gasteiger partial charge in [-0.15, -0.1) is 0 Å². The number of amides is 1. The summed E-state index contributed by atoms with van der Waals surface area (Å²) in [5.74, 6) is 0.838. The van der Waals surface area contributed by atoms with E-state index in [1.54, 1.807) is 18.2 Å². The van der Waals surface area contributed by atoms with E-state index in [2.05, 4.69) is 17.0 Å². The van der Waals surface area contributed by atoms with Crippen LogP contribution in [-0.2, 0) is 4.79 Å². The molecule has 0 aliphatic carbocycles. The minimum Gasteiger partial charge on any atom is -0.493 e. The molecule has 2 aromatic rings. The molecule has 136 valence electrons. The lowest BCUT2D eigenvalue weighted by Gasteiger charge is -2.36. The van der Waals surface area contributed by atoms with Crippen LogP contribution in [0.1, 0.15) is 10.4 Å². The van der Waals surface area contributed by atoms with E-state index in [1.807, 2.05) is 23.1 Å². The van der Waals surface area contributed by atoms with E-state index in [4.69, 9.17) is 9.47 Å². The summed E-state index contributed by atoms with van der Waals surface area (Å²) >= 11 is 0. The second-order valence-electron chi connectivity index (χ2n) is 6.02. The predicted molar refractivity (Wildman–Crippen MR) is 99.1 cm³/mol. The van der Waals surface area contributed by atoms with Gasteiger partial charge in [0.25, 0.3) is 5.91 Å². The van der Waals surface area contributed by atoms with Crippen molar-refractivity contribution in [2.24, 2.45) is 0 Å². The number of ether oxygens (including phenoxy) is 2. The van der Waals surface area contributed by atoms with E-state index in [9.17, 15) is 9.59 Å². The average molecular weight is 354 g/mol. The Morgan fingerprint density at radius 3 is 2.42 bits per heavy atom. The lowest BCUT2D eigenvalue weighted by atomic mass is 10.2. The summed E-state index contributed by atoms with van der Waals surface area (Å²) in [7, 11) is 1.50. The standard InChI is InChI=1S/C20H22N2O4/c1-25-19-13-16(14-23)7-8-18(19)26-15-20(24)22-11-9-21(10-12-22)17-5-3-2-4-6-17/h2-8,13-14H,9-12,15H2,1H3. The molecule has 1 fully saturated rings. The molecule has 1 aliphatic rings. The third-order valence-corrected chi connectivity index (χ3v) is 4.43. The second kappa shape index (κ2) is 8.38. The highest BCUT2D eigenvalue weighted by atomic mass is 16.5. The van der Waals surface area contributed by atoms with Crippen molar-refractivity contribution in [1.82, 2.24) is 4.90 Å². The number of hydrogen-bond acceptors (Lipinski definition) is 5. The van der Waals surface area contributed by atoms with E-state index in [0.29, 0.717) is 30.2 Å². The molecule has 6 nitrogen and oxygen atoms in total. The molecule has 6 heteroatoms. The van der Waals surface area contributed by atoms with Crippen LogP contribution in [0.2, 0.25) is 0 Å². The van der Waals surface area contributed by atoms with Gasteiger partial charge in [-0.3, -0.25) is 9.59 Å². The van der Waals surface area contributed by atoms with Crippen molar-refractivity contribution in [2.45, 2.75) is 0 Å². The van der Waals surface area contributed by atoms with Crippen LogP contribution in [0, 0.1) is 0 Å². The van der Waals surface area contributed by atoms with Gasteiger partial charge in [0, 0.05) is 37.4 Å². The minimum atomic E-state index is -0.0563. The highest BCUT2D eigenvalue weighted by Gasteiger charge is 2.21. The maximum Gasteiger partial charge on any atom is 0.260 e. The molecule has 1 heterocycles. The maximum atomic E-state index is 12.4. The quantitative estimate of drug-likeness (QED) is 0.745. The molecule has 0 saturated carbocycles. The van der Waals surface area contributed by atoms with E-state index in [-0.39, 0.29) is 12.5 Å². The molecule has 0 atom stereocenters. The third-order valence-electron chi connectivity index (χ3n) is 4.43. The molecule has 0 radical (unpaired) electrons. The number of para-hydroxylation sites is 1. The monoisotopic (exact) mass is 354 g/mol. The zero-order valence-corrected chi connectivity index (χ0v) is 14.8. The Balaban J connectivity index is 1.53. The van der Waals surface area contributed by atoms with E-state index in [1.165, 1.54) is 12.8 Å². The Morgan fingerprint density at radius 1 is 1.04 bits per heavy atom. The summed E-state index contributed by atoms with van der Waals surface area (Å²) in [4.78, 5) is 27.3. The Morgan fingerprint density at radius 2 is 1.77 bits per heavy atom. The van der Waals surface area contributed by atoms with Gasteiger partial charge in [-0.1, -0.05) is 18.2 Å². The van der Waals surface area contributed by atoms with Crippen LogP contribution in [0.5, 0.6) is 11.5 Å². The van der Waals surface area contributed by atoms with Gasteiger partial charge in [-0.25, -0.2) is 0 Å². The lowest BCUT2D eigenvalue weighted by Crippen LogP contribution is -2.50. The molecular weight excluding hydrogens is 332 g/mol. The summed E-state index contributed by atoms with van der Waals surface area (Å²) in [6, 6.07) is 15.1. The number of piperazine rings is 1. The molecule has 1 amide bonds. The van der Waals surface area contributed by atoms with Crippen LogP contribution in [0.4, 0.5) is 5.69 Å². The highest BCUT2D eigenvalue weighted by Crippen LogP contribution is 2.27. The number of hydrogen-bond donors (Lipinski definition) is 0. The van der Waals surface area contributed by atoms with Gasteiger partial charge in [0.15, 0.2) is 18.1 Å². The Labute approximate surface area is 152 Å². The number of aldehydes is 1. The number of carbonyl (C=O) groups is 2. The van der Waals surface area contributed by atoms with Crippen LogP contribution in [0.15, 0.2) is 48.5 Å². The first kappa shape index (κ1) is 17.8. The van der Waals surface area contributed by atoms with Gasteiger partial charge in [0.2, 0.25) is 0 Å². The molecule has 1 saturated heterocycles. The van der Waals surface area contributed by atoms with E-state index in [0.717, 1.165) is 19.4 Å². The number of nitrogens with zero attached hydrogens (tertiary/aromatic N) is 2. The van der Waals surface area contributed by atoms with Crippen molar-refractivity contribution in [3.05, 3.63) is 54.1 Å². The van der Waals surface area contributed by atoms with Gasteiger partial charge in [-0.05, 0) is 30.3 Å². The Bertz CT molecular complexity index is 756. The van der Waals surface area contributed by atoms with E-state index >= 15 is 0 Å². The molecule has 1 aliphatic heterocycles. The summed E-state index contributed by atoms with van der Waals surface area (Å²) in [6.45, 7) is 2.87. The number of methoxy groups -OCH3 is 1. The fourth-order valence-electron chi connectivity index (χ4n) is 2.96. The Kier molecular flexibility index (Phi) is 5.73. The first-order valence-electron chi connectivity index (χ1n) is 8.55. The van der Waals surface area contributed by atoms with Crippen LogP contribution < -0.4 is 14.4 Å². The van der Waals surface area contributed by atoms with Crippen LogP contribution in [0.25, 0.3) is 0 Å². The SMILES string of the molecule is COc1cc(C=O)ccc1OCC(=O)N1CCN(c2ccccc2)CC1. The smallest absolute Gasteiger partial charge is 0.260 e. The van der Waals surface area contributed by atoms with Gasteiger partial charge in [0.1, 0.15) is 6.29 Å². The molecule has 0 N–H and O–H groups in total. The van der Waals surface area contributed by atoms with Crippen molar-refractivity contribution in [3.8, 4) is 11.5 Å². The van der Waals surface area contributed by atoms with Gasteiger partial charge in [0.05, 0.1) is 7.11 Å². The molecular formula is C20H22N2O4. The fourth-order valence-corrected chi connectivity index (χ4v) is 2.96. The van der Waals surface area contributed by atoms with Crippen molar-refractivity contribution in [1.29, 1.82) is 0 Å². The third kappa shape index (κ3) is 4.14. The second-order valence-corrected chi connectivity index (χ2v) is 6.02. The number of rotatable bonds is 6. The highest BCUT2D eigenvalue weighted by molar-refractivity contribution is 5.79. The molecule has 0 bridgehead atoms. The average Bonchev–Trinajstić information content (AvgIpc) is 2.72. The lowest BCUT2D eigenvalue weighted by molar-refractivity contribution is -0.133. The first-order chi connectivity index (χ1) is 12.7. The van der Waals surface area contributed by atoms with Crippen LogP contribution in [0.3, 0.4) is 0 Å². The number of anilines is 1. The number of carbonyl (C=O) groups excluding carboxylic acids is 2. The molecule has 2 aromatic carbocycles. The van der Waals surface area contributed by atoms with E-state index < -0.39 is 0 Å². The predicted octanol–water partition coefficient (Wildman–Crippen LogP) is 2.24. The van der Waals surface area contributed by atoms with Crippen molar-refractivity contribution in [2.75, 3.05) is 44.8 Å². The summed E-state index contributed by atoms with van der Waals surface area (Å²) in [5, 5.41) is 0. The summed E-state index contributed by atoms with van der Waals surface area (Å²) < 4.78 is 10.8. The fraction of sp³-hybridized carbons (Fsp3) is 0.300. The summed E-state index contributed by atoms with van der Waals surface area (Å²) in [6.07, 6.45) is 0.740. The van der Waals surface area contributed by atoms with Crippen molar-refractivity contribution in [3.63, 3.8) is 0 Å². The molecule has 0 unspecified atom stereocenters. The van der Waals surface area contributed by atoms with Crippen molar-refractivity contribution < 1.29 is 19.1 Å². The van der Waals surface area contributed by atoms with Gasteiger partial charge >= 0.3 is 0 Å². The number of benzene rings is 2. The topological polar surface area (TPSA) is 59.1 Å². The zero-order valence-electron chi connectivity index (χ0n) is 14.8. The molecule has 26 heavy (non-hydrogen) atoms. The van der Waals surface area contributed by atoms with Gasteiger partial charge < -0.3 is 19.3 Å². The first-order valence-corrected chi connectivity index (χ1v) is 8.55. The largest absolute Gasteiger partial charge is 0.493 e. The zero-order chi connectivity index (χ0) is 18.4. The molecule has 0 aromatic heterocycles. The van der Waals surface area contributed by atoms with Crippen LogP contribution in [-0.4, -0.2) is 57.0 Å². The van der Waals surface area contributed by atoms with Gasteiger partial charge in [-0.2, -0.15) is 0 Å². The normalized spacial score (nSPS) is 14.0. The molecule has 0 spiro atoms. The summed E-state index contributed by atoms with van der Waals surface area (Å²) in [5.41, 5.74) is 1.67. The Hall–Kier alpha value is -3.02.